The van der Waals surface area contributed by atoms with Crippen LogP contribution in [-0.2, 0) is 17.1 Å². The lowest BCUT2D eigenvalue weighted by Gasteiger charge is -2.37. The number of aliphatic hydroxyl groups excluding tert-OH is 1. The number of aliphatic hydroxyl groups is 1. The van der Waals surface area contributed by atoms with E-state index in [0.717, 1.165) is 5.56 Å². The summed E-state index contributed by atoms with van der Waals surface area (Å²) in [6, 6.07) is 8.64. The maximum Gasteiger partial charge on any atom is 0.261 e. The van der Waals surface area contributed by atoms with E-state index >= 15 is 0 Å². The van der Waals surface area contributed by atoms with Gasteiger partial charge in [-0.25, -0.2) is 18.4 Å². The molecule has 0 saturated carbocycles. The van der Waals surface area contributed by atoms with Crippen LogP contribution in [-0.4, -0.2) is 89.2 Å². The number of carbonyl (C=O) groups excluding carboxylic acids is 1. The molecule has 38 heavy (non-hydrogen) atoms. The van der Waals surface area contributed by atoms with Crippen molar-refractivity contribution in [3.8, 4) is 22.8 Å². The van der Waals surface area contributed by atoms with Crippen molar-refractivity contribution < 1.29 is 27.8 Å². The summed E-state index contributed by atoms with van der Waals surface area (Å²) in [4.78, 5) is 23.7. The molecular formula is C26H33N5O6S. The zero-order chi connectivity index (χ0) is 27.6. The second kappa shape index (κ2) is 11.1. The number of nitrogens with zero attached hydrogens (tertiary/aromatic N) is 5. The minimum absolute atomic E-state index is 0.00830. The van der Waals surface area contributed by atoms with Gasteiger partial charge < -0.3 is 24.0 Å². The zero-order valence-corrected chi connectivity index (χ0v) is 22.9. The molecule has 1 aliphatic rings. The number of aryl methyl sites for hydroxylation is 1. The van der Waals surface area contributed by atoms with Crippen LogP contribution in [0.5, 0.6) is 11.6 Å². The van der Waals surface area contributed by atoms with Gasteiger partial charge in [-0.05, 0) is 30.7 Å². The van der Waals surface area contributed by atoms with Crippen LogP contribution in [0.4, 0.5) is 0 Å². The molecule has 1 amide bonds. The number of benzene rings is 1. The number of hydrogen-bond acceptors (Lipinski definition) is 8. The van der Waals surface area contributed by atoms with Crippen LogP contribution in [0.25, 0.3) is 11.1 Å². The molecule has 0 fully saturated rings. The molecule has 2 aromatic heterocycles. The van der Waals surface area contributed by atoms with Crippen molar-refractivity contribution in [1.82, 2.24) is 23.7 Å². The van der Waals surface area contributed by atoms with Crippen LogP contribution in [0, 0.1) is 5.92 Å². The molecular weight excluding hydrogens is 510 g/mol. The van der Waals surface area contributed by atoms with Crippen molar-refractivity contribution in [2.24, 2.45) is 13.0 Å². The van der Waals surface area contributed by atoms with Gasteiger partial charge in [0.15, 0.2) is 5.03 Å². The smallest absolute Gasteiger partial charge is 0.261 e. The molecule has 12 heteroatoms. The molecule has 3 atom stereocenters. The molecule has 1 aromatic carbocycles. The lowest BCUT2D eigenvalue weighted by Crippen LogP contribution is -2.50. The molecule has 11 nitrogen and oxygen atoms in total. The van der Waals surface area contributed by atoms with Crippen LogP contribution < -0.4 is 9.47 Å². The highest BCUT2D eigenvalue weighted by Gasteiger charge is 2.36. The maximum absolute atomic E-state index is 13.7. The van der Waals surface area contributed by atoms with E-state index in [1.807, 2.05) is 31.2 Å². The normalized spacial score (nSPS) is 18.9. The Hall–Kier alpha value is -3.48. The Bertz CT molecular complexity index is 1410. The summed E-state index contributed by atoms with van der Waals surface area (Å²) in [5, 5.41) is 9.82. The SMILES string of the molecule is COc1cccc(-c2cnc3c(c2)C(=O)N([C@H](C)CO)C[C@H](C)[C@H](CN(C)S(=O)(=O)c2cn(C)cn2)O3)c1. The highest BCUT2D eigenvalue weighted by atomic mass is 32.2. The first-order chi connectivity index (χ1) is 18.0. The lowest BCUT2D eigenvalue weighted by atomic mass is 9.99. The number of methoxy groups -OCH3 is 1. The first kappa shape index (κ1) is 27.6. The highest BCUT2D eigenvalue weighted by Crippen LogP contribution is 2.31. The number of imidazole rings is 1. The Kier molecular flexibility index (Phi) is 8.05. The van der Waals surface area contributed by atoms with Crippen molar-refractivity contribution in [3.63, 3.8) is 0 Å². The molecule has 0 aliphatic carbocycles. The van der Waals surface area contributed by atoms with Gasteiger partial charge in [0.25, 0.3) is 15.9 Å². The number of ether oxygens (including phenoxy) is 2. The van der Waals surface area contributed by atoms with Crippen molar-refractivity contribution >= 4 is 15.9 Å². The summed E-state index contributed by atoms with van der Waals surface area (Å²) in [6.07, 6.45) is 3.84. The van der Waals surface area contributed by atoms with E-state index in [2.05, 4.69) is 9.97 Å². The van der Waals surface area contributed by atoms with E-state index in [0.29, 0.717) is 11.3 Å². The lowest BCUT2D eigenvalue weighted by molar-refractivity contribution is 0.0373. The molecule has 1 aliphatic heterocycles. The number of pyridine rings is 1. The van der Waals surface area contributed by atoms with Gasteiger partial charge >= 0.3 is 0 Å². The minimum atomic E-state index is -3.87. The van der Waals surface area contributed by atoms with Crippen LogP contribution in [0.2, 0.25) is 0 Å². The third-order valence-electron chi connectivity index (χ3n) is 6.72. The number of carbonyl (C=O) groups is 1. The quantitative estimate of drug-likeness (QED) is 0.457. The molecule has 1 N–H and O–H groups in total. The number of fused-ring (bicyclic) bond motifs is 1. The molecule has 3 aromatic rings. The average molecular weight is 544 g/mol. The van der Waals surface area contributed by atoms with E-state index in [9.17, 15) is 18.3 Å². The topological polar surface area (TPSA) is 127 Å². The fraction of sp³-hybridized carbons (Fsp3) is 0.423. The summed E-state index contributed by atoms with van der Waals surface area (Å²) in [5.74, 6) is 0.177. The molecule has 0 radical (unpaired) electrons. The molecule has 0 spiro atoms. The van der Waals surface area contributed by atoms with Gasteiger partial charge in [-0.15, -0.1) is 0 Å². The van der Waals surface area contributed by atoms with E-state index in [1.165, 1.54) is 23.9 Å². The van der Waals surface area contributed by atoms with Crippen LogP contribution in [0.1, 0.15) is 24.2 Å². The second-order valence-corrected chi connectivity index (χ2v) is 11.6. The zero-order valence-electron chi connectivity index (χ0n) is 22.1. The summed E-state index contributed by atoms with van der Waals surface area (Å²) in [6.45, 7) is 3.68. The number of amides is 1. The molecule has 3 heterocycles. The number of sulfonamides is 1. The third kappa shape index (κ3) is 5.52. The second-order valence-electron chi connectivity index (χ2n) is 9.59. The van der Waals surface area contributed by atoms with Crippen LogP contribution in [0.3, 0.4) is 0 Å². The largest absolute Gasteiger partial charge is 0.497 e. The first-order valence-electron chi connectivity index (χ1n) is 12.2. The predicted octanol–water partition coefficient (Wildman–Crippen LogP) is 2.03. The van der Waals surface area contributed by atoms with Gasteiger partial charge in [0.05, 0.1) is 32.6 Å². The summed E-state index contributed by atoms with van der Waals surface area (Å²) in [5.41, 5.74) is 1.73. The molecule has 204 valence electrons. The van der Waals surface area contributed by atoms with E-state index < -0.39 is 22.2 Å². The third-order valence-corrected chi connectivity index (χ3v) is 8.43. The summed E-state index contributed by atoms with van der Waals surface area (Å²) < 4.78 is 40.6. The van der Waals surface area contributed by atoms with Gasteiger partial charge in [-0.3, -0.25) is 4.79 Å². The minimum Gasteiger partial charge on any atom is -0.497 e. The molecule has 0 bridgehead atoms. The number of rotatable bonds is 8. The first-order valence-corrected chi connectivity index (χ1v) is 13.7. The van der Waals surface area contributed by atoms with Gasteiger partial charge in [0, 0.05) is 44.5 Å². The average Bonchev–Trinajstić information content (AvgIpc) is 3.37. The highest BCUT2D eigenvalue weighted by molar-refractivity contribution is 7.89. The van der Waals surface area contributed by atoms with E-state index in [1.54, 1.807) is 42.8 Å². The van der Waals surface area contributed by atoms with Gasteiger partial charge in [-0.2, -0.15) is 4.31 Å². The van der Waals surface area contributed by atoms with Crippen LogP contribution in [0.15, 0.2) is 54.1 Å². The van der Waals surface area contributed by atoms with Gasteiger partial charge in [0.1, 0.15) is 17.4 Å². The molecule has 4 rings (SSSR count). The van der Waals surface area contributed by atoms with Crippen LogP contribution >= 0.6 is 0 Å². The monoisotopic (exact) mass is 543 g/mol. The van der Waals surface area contributed by atoms with Crippen molar-refractivity contribution in [2.45, 2.75) is 31.0 Å². The molecule has 0 unspecified atom stereocenters. The van der Waals surface area contributed by atoms with E-state index in [-0.39, 0.29) is 48.0 Å². The Balaban J connectivity index is 1.72. The number of likely N-dealkylation sites (N-methyl/N-ethyl adjacent to an activating group) is 1. The maximum atomic E-state index is 13.7. The standard InChI is InChI=1S/C26H33N5O6S/c1-17-12-31(18(2)15-32)26(33)22-10-20(19-7-6-8-21(9-19)36-5)11-27-25(22)37-23(17)13-30(4)38(34,35)24-14-29(3)16-28-24/h6-11,14,16-18,23,32H,12-13,15H2,1-5H3/t17-,18+,23-/m0/s1. The Morgan fingerprint density at radius 1 is 1.26 bits per heavy atom. The van der Waals surface area contributed by atoms with Crippen molar-refractivity contribution in [1.29, 1.82) is 0 Å². The Morgan fingerprint density at radius 3 is 2.68 bits per heavy atom. The Labute approximate surface area is 222 Å². The molecule has 0 saturated heterocycles. The summed E-state index contributed by atoms with van der Waals surface area (Å²) in [7, 11) is 0.881. The van der Waals surface area contributed by atoms with E-state index in [4.69, 9.17) is 9.47 Å². The fourth-order valence-corrected chi connectivity index (χ4v) is 5.46. The fourth-order valence-electron chi connectivity index (χ4n) is 4.31. The van der Waals surface area contributed by atoms with Crippen molar-refractivity contribution in [2.75, 3.05) is 33.9 Å². The summed E-state index contributed by atoms with van der Waals surface area (Å²) >= 11 is 0. The Morgan fingerprint density at radius 2 is 2.03 bits per heavy atom. The van der Waals surface area contributed by atoms with Gasteiger partial charge in [0.2, 0.25) is 5.88 Å². The van der Waals surface area contributed by atoms with Crippen molar-refractivity contribution in [3.05, 3.63) is 54.6 Å². The number of aromatic nitrogens is 3. The number of hydrogen-bond donors (Lipinski definition) is 1. The van der Waals surface area contributed by atoms with Gasteiger partial charge in [-0.1, -0.05) is 19.1 Å². The predicted molar refractivity (Wildman–Crippen MR) is 140 cm³/mol.